The summed E-state index contributed by atoms with van der Waals surface area (Å²) < 4.78 is 28.1. The molecule has 1 aromatic carbocycles. The van der Waals surface area contributed by atoms with E-state index >= 15 is 4.39 Å². The highest BCUT2D eigenvalue weighted by atomic mass is 19.1. The molecule has 9 heteroatoms. The van der Waals surface area contributed by atoms with Gasteiger partial charge >= 0.3 is 6.03 Å². The lowest BCUT2D eigenvalue weighted by molar-refractivity contribution is -0.120. The van der Waals surface area contributed by atoms with Gasteiger partial charge in [-0.25, -0.2) is 9.18 Å². The number of urea groups is 1. The van der Waals surface area contributed by atoms with Crippen LogP contribution >= 0.6 is 0 Å². The third kappa shape index (κ3) is 3.72. The Balaban J connectivity index is 1.29. The van der Waals surface area contributed by atoms with Crippen molar-refractivity contribution in [2.24, 2.45) is 5.92 Å². The summed E-state index contributed by atoms with van der Waals surface area (Å²) in [6, 6.07) is 4.83. The van der Waals surface area contributed by atoms with Gasteiger partial charge in [0.25, 0.3) is 0 Å². The number of piperidine rings is 1. The van der Waals surface area contributed by atoms with E-state index in [0.717, 1.165) is 45.7 Å². The Bertz CT molecular complexity index is 1220. The summed E-state index contributed by atoms with van der Waals surface area (Å²) in [7, 11) is 0. The summed E-state index contributed by atoms with van der Waals surface area (Å²) in [6.07, 6.45) is 3.23. The molecule has 186 valence electrons. The van der Waals surface area contributed by atoms with Crippen LogP contribution in [0, 0.1) is 18.7 Å². The van der Waals surface area contributed by atoms with E-state index in [1.165, 1.54) is 11.3 Å². The van der Waals surface area contributed by atoms with Crippen LogP contribution in [0.15, 0.2) is 18.2 Å². The number of ether oxygens (including phenoxy) is 2. The first-order valence-corrected chi connectivity index (χ1v) is 12.5. The molecule has 3 unspecified atom stereocenters. The Morgan fingerprint density at radius 1 is 1.29 bits per heavy atom. The molecule has 0 radical (unpaired) electrons. The first-order chi connectivity index (χ1) is 16.8. The molecule has 0 saturated carbocycles. The normalized spacial score (nSPS) is 31.4. The lowest BCUT2D eigenvalue weighted by Crippen LogP contribution is -2.49. The summed E-state index contributed by atoms with van der Waals surface area (Å²) in [4.78, 5) is 32.4. The molecule has 4 aliphatic rings. The summed E-state index contributed by atoms with van der Waals surface area (Å²) >= 11 is 0. The van der Waals surface area contributed by atoms with E-state index in [1.54, 1.807) is 13.0 Å². The molecule has 4 saturated heterocycles. The molecule has 0 spiro atoms. The minimum absolute atomic E-state index is 0.199. The second kappa shape index (κ2) is 8.21. The number of hydrogen-bond acceptors (Lipinski definition) is 6. The number of benzene rings is 1. The van der Waals surface area contributed by atoms with Crippen molar-refractivity contribution in [2.45, 2.75) is 50.7 Å². The first kappa shape index (κ1) is 22.8. The highest BCUT2D eigenvalue weighted by Gasteiger charge is 2.70. The van der Waals surface area contributed by atoms with Crippen molar-refractivity contribution in [3.63, 3.8) is 0 Å². The number of nitrogens with zero attached hydrogens (tertiary/aromatic N) is 3. The lowest BCUT2D eigenvalue weighted by atomic mass is 9.80. The molecular weight excluding hydrogens is 451 g/mol. The monoisotopic (exact) mass is 482 g/mol. The van der Waals surface area contributed by atoms with E-state index in [0.29, 0.717) is 33.8 Å². The van der Waals surface area contributed by atoms with Crippen LogP contribution < -0.4 is 10.2 Å². The average molecular weight is 483 g/mol. The van der Waals surface area contributed by atoms with E-state index < -0.39 is 17.2 Å². The number of halogens is 1. The minimum atomic E-state index is -0.648. The van der Waals surface area contributed by atoms with Crippen molar-refractivity contribution in [1.29, 1.82) is 0 Å². The summed E-state index contributed by atoms with van der Waals surface area (Å²) in [5, 5.41) is 2.69. The maximum Gasteiger partial charge on any atom is 0.328 e. The number of hydrogen-bond donors (Lipinski definition) is 1. The van der Waals surface area contributed by atoms with Crippen LogP contribution in [-0.4, -0.2) is 66.8 Å². The predicted octanol–water partition coefficient (Wildman–Crippen LogP) is 3.25. The standard InChI is InChI=1S/C26H31FN4O4/c1-16-21(31-9-7-22(32)29-24(31)33)12-18-20(28-16)6-5-19(23(18)27)26-8-10-30(15-25(26,2)35-26)13-17-4-3-11-34-14-17/h5-6,12,17H,3-4,7-11,13-15H2,1-2H3,(H,29,32,33). The Morgan fingerprint density at radius 2 is 2.14 bits per heavy atom. The fourth-order valence-electron chi connectivity index (χ4n) is 6.28. The number of imide groups is 1. The van der Waals surface area contributed by atoms with Crippen molar-refractivity contribution < 1.29 is 23.5 Å². The molecule has 4 aliphatic heterocycles. The largest absolute Gasteiger partial charge is 0.381 e. The SMILES string of the molecule is Cc1nc2ccc(C34CCN(CC5CCCOC5)CC3(C)O4)c(F)c2cc1N1CCC(=O)NC1=O. The first-order valence-electron chi connectivity index (χ1n) is 12.5. The van der Waals surface area contributed by atoms with Gasteiger partial charge in [0.05, 0.1) is 23.5 Å². The quantitative estimate of drug-likeness (QED) is 0.674. The molecule has 1 aromatic heterocycles. The number of epoxide rings is 1. The molecule has 0 bridgehead atoms. The van der Waals surface area contributed by atoms with Crippen LogP contribution in [0.4, 0.5) is 14.9 Å². The molecule has 3 amide bonds. The van der Waals surface area contributed by atoms with Gasteiger partial charge in [0.2, 0.25) is 5.91 Å². The highest BCUT2D eigenvalue weighted by Crippen LogP contribution is 2.61. The fraction of sp³-hybridized carbons (Fsp3) is 0.577. The average Bonchev–Trinajstić information content (AvgIpc) is 3.46. The second-order valence-corrected chi connectivity index (χ2v) is 10.6. The highest BCUT2D eigenvalue weighted by molar-refractivity contribution is 6.06. The fourth-order valence-corrected chi connectivity index (χ4v) is 6.28. The summed E-state index contributed by atoms with van der Waals surface area (Å²) in [5.74, 6) is -0.105. The number of anilines is 1. The van der Waals surface area contributed by atoms with Crippen LogP contribution in [0.1, 0.15) is 43.9 Å². The van der Waals surface area contributed by atoms with Gasteiger partial charge in [-0.1, -0.05) is 6.07 Å². The van der Waals surface area contributed by atoms with Crippen molar-refractivity contribution in [3.05, 3.63) is 35.3 Å². The number of fused-ring (bicyclic) bond motifs is 2. The third-order valence-corrected chi connectivity index (χ3v) is 8.17. The van der Waals surface area contributed by atoms with Crippen LogP contribution in [-0.2, 0) is 19.9 Å². The van der Waals surface area contributed by atoms with Gasteiger partial charge in [0.15, 0.2) is 0 Å². The van der Waals surface area contributed by atoms with Gasteiger partial charge in [-0.3, -0.25) is 24.9 Å². The number of rotatable bonds is 4. The number of aromatic nitrogens is 1. The number of carbonyl (C=O) groups excluding carboxylic acids is 2. The topological polar surface area (TPSA) is 87.3 Å². The number of likely N-dealkylation sites (tertiary alicyclic amines) is 1. The van der Waals surface area contributed by atoms with Crippen LogP contribution in [0.2, 0.25) is 0 Å². The summed E-state index contributed by atoms with van der Waals surface area (Å²) in [5.41, 5.74) is 1.13. The van der Waals surface area contributed by atoms with Crippen molar-refractivity contribution in [1.82, 2.24) is 15.2 Å². The van der Waals surface area contributed by atoms with E-state index in [2.05, 4.69) is 22.1 Å². The van der Waals surface area contributed by atoms with Gasteiger partial charge in [0, 0.05) is 50.2 Å². The Kier molecular flexibility index (Phi) is 5.36. The number of amides is 3. The van der Waals surface area contributed by atoms with E-state index in [-0.39, 0.29) is 24.7 Å². The maximum absolute atomic E-state index is 16.1. The molecule has 4 fully saturated rings. The van der Waals surface area contributed by atoms with Gasteiger partial charge in [-0.15, -0.1) is 0 Å². The lowest BCUT2D eigenvalue weighted by Gasteiger charge is -2.35. The molecule has 8 nitrogen and oxygen atoms in total. The molecule has 2 aromatic rings. The molecule has 5 heterocycles. The Morgan fingerprint density at radius 3 is 2.89 bits per heavy atom. The summed E-state index contributed by atoms with van der Waals surface area (Å²) in [6.45, 7) is 8.39. The van der Waals surface area contributed by atoms with Gasteiger partial charge in [-0.05, 0) is 51.2 Å². The Hall–Kier alpha value is -2.62. The molecule has 3 atom stereocenters. The van der Waals surface area contributed by atoms with E-state index in [4.69, 9.17) is 9.47 Å². The number of aryl methyl sites for hydroxylation is 1. The molecular formula is C26H31FN4O4. The zero-order chi connectivity index (χ0) is 24.4. The minimum Gasteiger partial charge on any atom is -0.381 e. The van der Waals surface area contributed by atoms with Crippen molar-refractivity contribution >= 4 is 28.5 Å². The van der Waals surface area contributed by atoms with Crippen LogP contribution in [0.25, 0.3) is 10.9 Å². The Labute approximate surface area is 203 Å². The molecule has 6 rings (SSSR count). The zero-order valence-corrected chi connectivity index (χ0v) is 20.2. The van der Waals surface area contributed by atoms with Gasteiger partial charge < -0.3 is 9.47 Å². The zero-order valence-electron chi connectivity index (χ0n) is 20.2. The molecule has 35 heavy (non-hydrogen) atoms. The molecule has 0 aliphatic carbocycles. The second-order valence-electron chi connectivity index (χ2n) is 10.6. The number of carbonyl (C=O) groups is 2. The number of pyridine rings is 1. The smallest absolute Gasteiger partial charge is 0.328 e. The van der Waals surface area contributed by atoms with Gasteiger partial charge in [0.1, 0.15) is 17.0 Å². The van der Waals surface area contributed by atoms with Crippen LogP contribution in [0.5, 0.6) is 0 Å². The van der Waals surface area contributed by atoms with Crippen LogP contribution in [0.3, 0.4) is 0 Å². The van der Waals surface area contributed by atoms with E-state index in [9.17, 15) is 9.59 Å². The maximum atomic E-state index is 16.1. The van der Waals surface area contributed by atoms with E-state index in [1.807, 2.05) is 12.1 Å². The number of nitrogens with one attached hydrogen (secondary N) is 1. The van der Waals surface area contributed by atoms with Crippen molar-refractivity contribution in [3.8, 4) is 0 Å². The predicted molar refractivity (Wildman–Crippen MR) is 128 cm³/mol. The molecule has 1 N–H and O–H groups in total. The third-order valence-electron chi connectivity index (χ3n) is 8.17. The van der Waals surface area contributed by atoms with Crippen molar-refractivity contribution in [2.75, 3.05) is 44.3 Å². The van der Waals surface area contributed by atoms with Gasteiger partial charge in [-0.2, -0.15) is 0 Å².